The first-order valence-corrected chi connectivity index (χ1v) is 7.30. The molecule has 0 unspecified atom stereocenters. The van der Waals surface area contributed by atoms with Gasteiger partial charge < -0.3 is 14.8 Å². The number of fused-ring (bicyclic) bond motifs is 1. The SMILES string of the molecule is CCOC(=O)CNC(=O)C1=C(C)C(C)(C)Oc2ccccc21. The third-order valence-corrected chi connectivity index (χ3v) is 3.73. The third kappa shape index (κ3) is 3.13. The van der Waals surface area contributed by atoms with Gasteiger partial charge in [0.25, 0.3) is 5.91 Å². The van der Waals surface area contributed by atoms with Gasteiger partial charge in [-0.05, 0) is 39.3 Å². The molecule has 0 aliphatic carbocycles. The van der Waals surface area contributed by atoms with Gasteiger partial charge in [0.05, 0.1) is 12.2 Å². The largest absolute Gasteiger partial charge is 0.483 e. The molecule has 0 atom stereocenters. The number of esters is 1. The number of hydrogen-bond acceptors (Lipinski definition) is 4. The van der Waals surface area contributed by atoms with Gasteiger partial charge in [-0.15, -0.1) is 0 Å². The Balaban J connectivity index is 2.30. The second-order valence-electron chi connectivity index (χ2n) is 5.60. The summed E-state index contributed by atoms with van der Waals surface area (Å²) in [6, 6.07) is 7.39. The molecule has 0 aromatic heterocycles. The summed E-state index contributed by atoms with van der Waals surface area (Å²) in [6.07, 6.45) is 0. The van der Waals surface area contributed by atoms with Gasteiger partial charge >= 0.3 is 5.97 Å². The molecule has 0 fully saturated rings. The van der Waals surface area contributed by atoms with Crippen LogP contribution < -0.4 is 10.1 Å². The van der Waals surface area contributed by atoms with Crippen molar-refractivity contribution in [2.45, 2.75) is 33.3 Å². The van der Waals surface area contributed by atoms with E-state index in [0.717, 1.165) is 11.1 Å². The van der Waals surface area contributed by atoms with Crippen molar-refractivity contribution in [2.24, 2.45) is 0 Å². The van der Waals surface area contributed by atoms with Crippen LogP contribution in [-0.4, -0.2) is 30.6 Å². The number of rotatable bonds is 4. The molecule has 1 aromatic rings. The average molecular weight is 303 g/mol. The van der Waals surface area contributed by atoms with Crippen molar-refractivity contribution in [3.05, 3.63) is 35.4 Å². The third-order valence-electron chi connectivity index (χ3n) is 3.73. The summed E-state index contributed by atoms with van der Waals surface area (Å²) in [4.78, 5) is 23.9. The van der Waals surface area contributed by atoms with Crippen LogP contribution in [0.4, 0.5) is 0 Å². The maximum absolute atomic E-state index is 12.5. The molecule has 2 rings (SSSR count). The van der Waals surface area contributed by atoms with Crippen LogP contribution in [-0.2, 0) is 14.3 Å². The number of ether oxygens (including phenoxy) is 2. The van der Waals surface area contributed by atoms with E-state index in [1.54, 1.807) is 6.92 Å². The zero-order valence-corrected chi connectivity index (χ0v) is 13.4. The van der Waals surface area contributed by atoms with E-state index in [4.69, 9.17) is 9.47 Å². The van der Waals surface area contributed by atoms with Gasteiger partial charge in [0, 0.05) is 5.56 Å². The van der Waals surface area contributed by atoms with E-state index in [-0.39, 0.29) is 12.5 Å². The Bertz CT molecular complexity index is 631. The van der Waals surface area contributed by atoms with E-state index in [9.17, 15) is 9.59 Å². The molecule has 22 heavy (non-hydrogen) atoms. The van der Waals surface area contributed by atoms with E-state index >= 15 is 0 Å². The number of amides is 1. The summed E-state index contributed by atoms with van der Waals surface area (Å²) in [5, 5.41) is 2.62. The summed E-state index contributed by atoms with van der Waals surface area (Å²) in [7, 11) is 0. The Labute approximate surface area is 130 Å². The van der Waals surface area contributed by atoms with E-state index in [1.165, 1.54) is 0 Å². The summed E-state index contributed by atoms with van der Waals surface area (Å²) in [5.41, 5.74) is 1.54. The highest BCUT2D eigenvalue weighted by Gasteiger charge is 2.34. The molecule has 1 heterocycles. The fourth-order valence-electron chi connectivity index (χ4n) is 2.36. The maximum Gasteiger partial charge on any atom is 0.325 e. The lowest BCUT2D eigenvalue weighted by Gasteiger charge is -2.35. The quantitative estimate of drug-likeness (QED) is 0.867. The number of para-hydroxylation sites is 1. The van der Waals surface area contributed by atoms with E-state index in [2.05, 4.69) is 5.32 Å². The standard InChI is InChI=1S/C17H21NO4/c1-5-21-14(19)10-18-16(20)15-11(2)17(3,4)22-13-9-7-6-8-12(13)15/h6-9H,5,10H2,1-4H3,(H,18,20). The van der Waals surface area contributed by atoms with Gasteiger partial charge in [0.15, 0.2) is 0 Å². The molecule has 0 saturated heterocycles. The minimum atomic E-state index is -0.578. The molecule has 1 amide bonds. The van der Waals surface area contributed by atoms with Crippen molar-refractivity contribution < 1.29 is 19.1 Å². The van der Waals surface area contributed by atoms with Crippen LogP contribution >= 0.6 is 0 Å². The molecule has 1 N–H and O–H groups in total. The molecule has 5 heteroatoms. The highest BCUT2D eigenvalue weighted by molar-refractivity contribution is 6.22. The van der Waals surface area contributed by atoms with Crippen LogP contribution in [0.15, 0.2) is 29.8 Å². The maximum atomic E-state index is 12.5. The first kappa shape index (κ1) is 16.1. The molecule has 118 valence electrons. The highest BCUT2D eigenvalue weighted by atomic mass is 16.5. The van der Waals surface area contributed by atoms with Crippen LogP contribution in [0.3, 0.4) is 0 Å². The van der Waals surface area contributed by atoms with E-state index in [1.807, 2.05) is 45.0 Å². The van der Waals surface area contributed by atoms with Crippen molar-refractivity contribution in [3.63, 3.8) is 0 Å². The summed E-state index contributed by atoms with van der Waals surface area (Å²) < 4.78 is 10.8. The van der Waals surface area contributed by atoms with Crippen molar-refractivity contribution in [3.8, 4) is 5.75 Å². The van der Waals surface area contributed by atoms with Crippen molar-refractivity contribution >= 4 is 17.4 Å². The average Bonchev–Trinajstić information content (AvgIpc) is 2.46. The predicted molar refractivity (Wildman–Crippen MR) is 83.4 cm³/mol. The molecule has 0 radical (unpaired) electrons. The summed E-state index contributed by atoms with van der Waals surface area (Å²) >= 11 is 0. The Kier molecular flexibility index (Phi) is 4.54. The molecular weight excluding hydrogens is 282 g/mol. The minimum Gasteiger partial charge on any atom is -0.483 e. The zero-order valence-electron chi connectivity index (χ0n) is 13.4. The normalized spacial score (nSPS) is 15.6. The minimum absolute atomic E-state index is 0.146. The highest BCUT2D eigenvalue weighted by Crippen LogP contribution is 2.40. The Morgan fingerprint density at radius 2 is 1.95 bits per heavy atom. The number of nitrogens with one attached hydrogen (secondary N) is 1. The van der Waals surface area contributed by atoms with Crippen molar-refractivity contribution in [1.82, 2.24) is 5.32 Å². The lowest BCUT2D eigenvalue weighted by Crippen LogP contribution is -2.38. The first-order valence-electron chi connectivity index (χ1n) is 7.30. The number of carbonyl (C=O) groups excluding carboxylic acids is 2. The Hall–Kier alpha value is -2.30. The monoisotopic (exact) mass is 303 g/mol. The van der Waals surface area contributed by atoms with Crippen LogP contribution in [0.2, 0.25) is 0 Å². The van der Waals surface area contributed by atoms with Gasteiger partial charge in [-0.25, -0.2) is 0 Å². The molecule has 0 spiro atoms. The second-order valence-corrected chi connectivity index (χ2v) is 5.60. The predicted octanol–water partition coefficient (Wildman–Crippen LogP) is 2.31. The van der Waals surface area contributed by atoms with Gasteiger partial charge in [0.1, 0.15) is 17.9 Å². The molecule has 5 nitrogen and oxygen atoms in total. The first-order chi connectivity index (χ1) is 10.4. The molecule has 1 aliphatic heterocycles. The summed E-state index contributed by atoms with van der Waals surface area (Å²) in [5.74, 6) is -0.0810. The summed E-state index contributed by atoms with van der Waals surface area (Å²) in [6.45, 7) is 7.57. The van der Waals surface area contributed by atoms with Gasteiger partial charge in [-0.3, -0.25) is 9.59 Å². The van der Waals surface area contributed by atoms with Crippen molar-refractivity contribution in [1.29, 1.82) is 0 Å². The molecule has 1 aromatic carbocycles. The van der Waals surface area contributed by atoms with Crippen LogP contribution in [0.1, 0.15) is 33.3 Å². The molecular formula is C17H21NO4. The second kappa shape index (κ2) is 6.22. The Morgan fingerprint density at radius 3 is 2.64 bits per heavy atom. The lowest BCUT2D eigenvalue weighted by atomic mass is 9.86. The smallest absolute Gasteiger partial charge is 0.325 e. The number of carbonyl (C=O) groups is 2. The van der Waals surface area contributed by atoms with E-state index < -0.39 is 11.6 Å². The molecule has 1 aliphatic rings. The van der Waals surface area contributed by atoms with Crippen LogP contribution in [0.5, 0.6) is 5.75 Å². The van der Waals surface area contributed by atoms with Gasteiger partial charge in [-0.1, -0.05) is 18.2 Å². The lowest BCUT2D eigenvalue weighted by molar-refractivity contribution is -0.143. The van der Waals surface area contributed by atoms with Crippen molar-refractivity contribution in [2.75, 3.05) is 13.2 Å². The Morgan fingerprint density at radius 1 is 1.27 bits per heavy atom. The topological polar surface area (TPSA) is 64.6 Å². The van der Waals surface area contributed by atoms with Crippen LogP contribution in [0, 0.1) is 0 Å². The molecule has 0 saturated carbocycles. The number of benzene rings is 1. The molecule has 0 bridgehead atoms. The van der Waals surface area contributed by atoms with Gasteiger partial charge in [-0.2, -0.15) is 0 Å². The fraction of sp³-hybridized carbons (Fsp3) is 0.412. The fourth-order valence-corrected chi connectivity index (χ4v) is 2.36. The van der Waals surface area contributed by atoms with Gasteiger partial charge in [0.2, 0.25) is 0 Å². The number of hydrogen-bond donors (Lipinski definition) is 1. The van der Waals surface area contributed by atoms with Crippen LogP contribution in [0.25, 0.3) is 5.57 Å². The zero-order chi connectivity index (χ0) is 16.3. The van der Waals surface area contributed by atoms with E-state index in [0.29, 0.717) is 17.9 Å².